The first-order valence-corrected chi connectivity index (χ1v) is 9.63. The number of H-pyrrole nitrogens is 1. The summed E-state index contributed by atoms with van der Waals surface area (Å²) in [4.78, 5) is 18.0. The van der Waals surface area contributed by atoms with Crippen molar-refractivity contribution in [2.45, 2.75) is 6.42 Å². The molecule has 0 spiro atoms. The van der Waals surface area contributed by atoms with Gasteiger partial charge in [0.2, 0.25) is 0 Å². The second kappa shape index (κ2) is 7.07. The molecule has 1 aliphatic rings. The first kappa shape index (κ1) is 16.4. The number of halogens is 1. The minimum absolute atomic E-state index is 0.0237. The molecule has 4 nitrogen and oxygen atoms in total. The molecule has 1 aromatic heterocycles. The summed E-state index contributed by atoms with van der Waals surface area (Å²) in [6.45, 7) is 2.76. The highest BCUT2D eigenvalue weighted by Crippen LogP contribution is 2.23. The maximum absolute atomic E-state index is 12.4. The van der Waals surface area contributed by atoms with Crippen LogP contribution in [-0.2, 0) is 0 Å². The number of carbonyl (C=O) groups excluding carboxylic acids is 1. The number of para-hydroxylation sites is 1. The van der Waals surface area contributed by atoms with Crippen LogP contribution in [0.4, 0.5) is 5.69 Å². The van der Waals surface area contributed by atoms with Crippen LogP contribution in [0.15, 0.2) is 54.6 Å². The van der Waals surface area contributed by atoms with Crippen LogP contribution in [-0.4, -0.2) is 30.5 Å². The van der Waals surface area contributed by atoms with Crippen LogP contribution in [0.25, 0.3) is 10.9 Å². The number of aromatic nitrogens is 1. The van der Waals surface area contributed by atoms with E-state index in [-0.39, 0.29) is 5.91 Å². The van der Waals surface area contributed by atoms with Crippen molar-refractivity contribution in [2.75, 3.05) is 24.5 Å². The van der Waals surface area contributed by atoms with Crippen molar-refractivity contribution in [3.8, 4) is 0 Å². The van der Waals surface area contributed by atoms with Crippen LogP contribution in [0, 0.1) is 9.49 Å². The van der Waals surface area contributed by atoms with E-state index in [4.69, 9.17) is 0 Å². The molecule has 2 heterocycles. The molecule has 1 unspecified atom stereocenters. The lowest BCUT2D eigenvalue weighted by Gasteiger charge is -2.18. The van der Waals surface area contributed by atoms with Gasteiger partial charge in [-0.2, -0.15) is 0 Å². The summed E-state index contributed by atoms with van der Waals surface area (Å²) >= 11 is 2.28. The van der Waals surface area contributed by atoms with E-state index in [2.05, 4.69) is 68.1 Å². The number of nitrogens with one attached hydrogen (secondary N) is 2. The molecule has 25 heavy (non-hydrogen) atoms. The molecular weight excluding hydrogens is 425 g/mol. The van der Waals surface area contributed by atoms with Crippen LogP contribution in [0.3, 0.4) is 0 Å². The largest absolute Gasteiger partial charge is 0.371 e. The van der Waals surface area contributed by atoms with Gasteiger partial charge in [-0.3, -0.25) is 4.79 Å². The van der Waals surface area contributed by atoms with Gasteiger partial charge in [0.05, 0.1) is 0 Å². The molecule has 0 bridgehead atoms. The van der Waals surface area contributed by atoms with Crippen LogP contribution in [0.2, 0.25) is 0 Å². The number of fused-ring (bicyclic) bond motifs is 1. The molecule has 1 aliphatic heterocycles. The molecule has 1 fully saturated rings. The van der Waals surface area contributed by atoms with Gasteiger partial charge in [-0.1, -0.05) is 18.2 Å². The fraction of sp³-hybridized carbons (Fsp3) is 0.250. The smallest absolute Gasteiger partial charge is 0.267 e. The lowest BCUT2D eigenvalue weighted by molar-refractivity contribution is 0.0944. The van der Waals surface area contributed by atoms with E-state index >= 15 is 0 Å². The highest BCUT2D eigenvalue weighted by atomic mass is 127. The minimum Gasteiger partial charge on any atom is -0.371 e. The molecule has 1 atom stereocenters. The van der Waals surface area contributed by atoms with Gasteiger partial charge < -0.3 is 15.2 Å². The summed E-state index contributed by atoms with van der Waals surface area (Å²) in [5.41, 5.74) is 2.90. The van der Waals surface area contributed by atoms with Crippen LogP contribution < -0.4 is 10.2 Å². The number of aromatic amines is 1. The Morgan fingerprint density at radius 2 is 2.04 bits per heavy atom. The quantitative estimate of drug-likeness (QED) is 0.596. The number of hydrogen-bond donors (Lipinski definition) is 2. The number of carbonyl (C=O) groups is 1. The Labute approximate surface area is 160 Å². The Morgan fingerprint density at radius 3 is 2.88 bits per heavy atom. The maximum atomic E-state index is 12.4. The summed E-state index contributed by atoms with van der Waals surface area (Å²) < 4.78 is 1.17. The predicted octanol–water partition coefficient (Wildman–Crippen LogP) is 4.03. The molecule has 4 rings (SSSR count). The van der Waals surface area contributed by atoms with Gasteiger partial charge in [0.1, 0.15) is 5.69 Å². The average Bonchev–Trinajstić information content (AvgIpc) is 3.27. The number of benzene rings is 2. The van der Waals surface area contributed by atoms with Gasteiger partial charge in [-0.15, -0.1) is 0 Å². The number of amides is 1. The molecule has 1 saturated heterocycles. The number of hydrogen-bond acceptors (Lipinski definition) is 2. The SMILES string of the molecule is O=C(NCC1CCN(c2ccccc2)C1)c1cc2cc(I)ccc2[nH]1. The lowest BCUT2D eigenvalue weighted by atomic mass is 10.1. The van der Waals surface area contributed by atoms with Gasteiger partial charge >= 0.3 is 0 Å². The highest BCUT2D eigenvalue weighted by molar-refractivity contribution is 14.1. The standard InChI is InChI=1S/C20H20IN3O/c21-16-6-7-18-15(10-16)11-19(23-18)20(25)22-12-14-8-9-24(13-14)17-4-2-1-3-5-17/h1-7,10-11,14,23H,8-9,12-13H2,(H,22,25). The Bertz CT molecular complexity index is 890. The normalized spacial score (nSPS) is 17.2. The molecule has 0 radical (unpaired) electrons. The molecule has 2 aromatic carbocycles. The molecule has 1 amide bonds. The van der Waals surface area contributed by atoms with Crippen molar-refractivity contribution in [2.24, 2.45) is 5.92 Å². The zero-order chi connectivity index (χ0) is 17.2. The Hall–Kier alpha value is -2.02. The van der Waals surface area contributed by atoms with Crippen LogP contribution in [0.1, 0.15) is 16.9 Å². The van der Waals surface area contributed by atoms with Crippen molar-refractivity contribution < 1.29 is 4.79 Å². The first-order valence-electron chi connectivity index (χ1n) is 8.55. The molecule has 5 heteroatoms. The minimum atomic E-state index is -0.0237. The van der Waals surface area contributed by atoms with Crippen molar-refractivity contribution in [3.05, 3.63) is 63.9 Å². The first-order chi connectivity index (χ1) is 12.2. The summed E-state index contributed by atoms with van der Waals surface area (Å²) in [5, 5.41) is 4.17. The topological polar surface area (TPSA) is 48.1 Å². The van der Waals surface area contributed by atoms with E-state index in [9.17, 15) is 4.79 Å². The van der Waals surface area contributed by atoms with Gasteiger partial charge in [-0.05, 0) is 71.3 Å². The Balaban J connectivity index is 1.35. The summed E-state index contributed by atoms with van der Waals surface area (Å²) in [6.07, 6.45) is 1.11. The van der Waals surface area contributed by atoms with Gasteiger partial charge in [-0.25, -0.2) is 0 Å². The van der Waals surface area contributed by atoms with E-state index in [0.29, 0.717) is 11.6 Å². The van der Waals surface area contributed by atoms with E-state index in [1.54, 1.807) is 0 Å². The van der Waals surface area contributed by atoms with E-state index in [1.165, 1.54) is 9.26 Å². The number of anilines is 1. The second-order valence-electron chi connectivity index (χ2n) is 6.56. The fourth-order valence-electron chi connectivity index (χ4n) is 3.43. The molecule has 3 aromatic rings. The van der Waals surface area contributed by atoms with E-state index in [0.717, 1.165) is 37.0 Å². The second-order valence-corrected chi connectivity index (χ2v) is 7.81. The van der Waals surface area contributed by atoms with E-state index in [1.807, 2.05) is 24.3 Å². The number of nitrogens with zero attached hydrogens (tertiary/aromatic N) is 1. The van der Waals surface area contributed by atoms with Gasteiger partial charge in [0, 0.05) is 39.8 Å². The van der Waals surface area contributed by atoms with E-state index < -0.39 is 0 Å². The summed E-state index contributed by atoms with van der Waals surface area (Å²) in [6, 6.07) is 18.5. The van der Waals surface area contributed by atoms with Gasteiger partial charge in [0.25, 0.3) is 5.91 Å². The summed E-state index contributed by atoms with van der Waals surface area (Å²) in [7, 11) is 0. The van der Waals surface area contributed by atoms with Crippen molar-refractivity contribution in [1.82, 2.24) is 10.3 Å². The lowest BCUT2D eigenvalue weighted by Crippen LogP contribution is -2.31. The Kier molecular flexibility index (Phi) is 4.65. The molecule has 0 saturated carbocycles. The molecular formula is C20H20IN3O. The average molecular weight is 445 g/mol. The highest BCUT2D eigenvalue weighted by Gasteiger charge is 2.23. The molecule has 0 aliphatic carbocycles. The zero-order valence-corrected chi connectivity index (χ0v) is 16.0. The van der Waals surface area contributed by atoms with Gasteiger partial charge in [0.15, 0.2) is 0 Å². The molecule has 2 N–H and O–H groups in total. The Morgan fingerprint density at radius 1 is 1.20 bits per heavy atom. The maximum Gasteiger partial charge on any atom is 0.267 e. The van der Waals surface area contributed by atoms with Crippen LogP contribution in [0.5, 0.6) is 0 Å². The van der Waals surface area contributed by atoms with Crippen molar-refractivity contribution >= 4 is 45.1 Å². The monoisotopic (exact) mass is 445 g/mol. The third-order valence-corrected chi connectivity index (χ3v) is 5.46. The number of rotatable bonds is 4. The zero-order valence-electron chi connectivity index (χ0n) is 13.8. The summed E-state index contributed by atoms with van der Waals surface area (Å²) in [5.74, 6) is 0.471. The third kappa shape index (κ3) is 3.66. The predicted molar refractivity (Wildman–Crippen MR) is 110 cm³/mol. The van der Waals surface area contributed by atoms with Crippen molar-refractivity contribution in [3.63, 3.8) is 0 Å². The van der Waals surface area contributed by atoms with Crippen molar-refractivity contribution in [1.29, 1.82) is 0 Å². The fourth-order valence-corrected chi connectivity index (χ4v) is 3.95. The third-order valence-electron chi connectivity index (χ3n) is 4.79. The molecule has 128 valence electrons. The van der Waals surface area contributed by atoms with Crippen LogP contribution >= 0.6 is 22.6 Å².